The SMILES string of the molecule is CN1CCCC(COc2cc[c]cc2F)C1. The second-order valence-electron chi connectivity index (χ2n) is 4.44. The van der Waals surface area contributed by atoms with Gasteiger partial charge < -0.3 is 9.64 Å². The summed E-state index contributed by atoms with van der Waals surface area (Å²) in [6.45, 7) is 2.80. The largest absolute Gasteiger partial charge is 0.490 e. The number of nitrogens with zero attached hydrogens (tertiary/aromatic N) is 1. The molecule has 2 rings (SSSR count). The summed E-state index contributed by atoms with van der Waals surface area (Å²) in [6, 6.07) is 7.29. The molecule has 3 heteroatoms. The lowest BCUT2D eigenvalue weighted by Gasteiger charge is -2.29. The average molecular weight is 222 g/mol. The lowest BCUT2D eigenvalue weighted by atomic mass is 10.00. The first-order chi connectivity index (χ1) is 7.75. The van der Waals surface area contributed by atoms with E-state index in [4.69, 9.17) is 4.74 Å². The fraction of sp³-hybridized carbons (Fsp3) is 0.538. The van der Waals surface area contributed by atoms with Gasteiger partial charge in [-0.1, -0.05) is 6.07 Å². The van der Waals surface area contributed by atoms with Gasteiger partial charge in [0.2, 0.25) is 0 Å². The van der Waals surface area contributed by atoms with Crippen molar-refractivity contribution in [1.82, 2.24) is 4.90 Å². The monoisotopic (exact) mass is 222 g/mol. The summed E-state index contributed by atoms with van der Waals surface area (Å²) in [4.78, 5) is 2.30. The van der Waals surface area contributed by atoms with Crippen LogP contribution in [0.5, 0.6) is 5.75 Å². The van der Waals surface area contributed by atoms with Gasteiger partial charge in [-0.2, -0.15) is 0 Å². The molecule has 0 saturated carbocycles. The molecule has 0 aliphatic carbocycles. The minimum Gasteiger partial charge on any atom is -0.490 e. The first-order valence-corrected chi connectivity index (χ1v) is 5.72. The summed E-state index contributed by atoms with van der Waals surface area (Å²) >= 11 is 0. The molecule has 0 amide bonds. The molecule has 1 atom stereocenters. The second-order valence-corrected chi connectivity index (χ2v) is 4.44. The normalized spacial score (nSPS) is 22.0. The smallest absolute Gasteiger partial charge is 0.165 e. The van der Waals surface area contributed by atoms with Crippen LogP contribution in [0.4, 0.5) is 4.39 Å². The molecule has 0 spiro atoms. The Morgan fingerprint density at radius 3 is 3.25 bits per heavy atom. The zero-order valence-corrected chi connectivity index (χ0v) is 9.58. The highest BCUT2D eigenvalue weighted by Crippen LogP contribution is 2.19. The Balaban J connectivity index is 1.85. The van der Waals surface area contributed by atoms with E-state index in [1.165, 1.54) is 18.9 Å². The Morgan fingerprint density at radius 1 is 1.62 bits per heavy atom. The summed E-state index contributed by atoms with van der Waals surface area (Å²) in [6.07, 6.45) is 2.38. The van der Waals surface area contributed by atoms with Crippen molar-refractivity contribution in [3.63, 3.8) is 0 Å². The van der Waals surface area contributed by atoms with Crippen LogP contribution >= 0.6 is 0 Å². The summed E-state index contributed by atoms with van der Waals surface area (Å²) in [5, 5.41) is 0. The quantitative estimate of drug-likeness (QED) is 0.778. The Morgan fingerprint density at radius 2 is 2.50 bits per heavy atom. The van der Waals surface area contributed by atoms with Gasteiger partial charge in [-0.05, 0) is 44.6 Å². The number of halogens is 1. The predicted molar refractivity (Wildman–Crippen MR) is 61.0 cm³/mol. The molecule has 1 aliphatic rings. The van der Waals surface area contributed by atoms with Crippen LogP contribution in [0, 0.1) is 17.8 Å². The predicted octanol–water partition coefficient (Wildman–Crippen LogP) is 2.35. The Kier molecular flexibility index (Phi) is 3.78. The van der Waals surface area contributed by atoms with E-state index in [9.17, 15) is 4.39 Å². The van der Waals surface area contributed by atoms with E-state index >= 15 is 0 Å². The lowest BCUT2D eigenvalue weighted by Crippen LogP contribution is -2.34. The molecule has 1 aliphatic heterocycles. The van der Waals surface area contributed by atoms with Gasteiger partial charge in [0.05, 0.1) is 6.61 Å². The molecule has 1 aromatic rings. The molecule has 1 radical (unpaired) electrons. The van der Waals surface area contributed by atoms with Crippen molar-refractivity contribution in [2.75, 3.05) is 26.7 Å². The van der Waals surface area contributed by atoms with E-state index in [2.05, 4.69) is 18.0 Å². The summed E-state index contributed by atoms with van der Waals surface area (Å²) in [5.41, 5.74) is 0. The highest BCUT2D eigenvalue weighted by molar-refractivity contribution is 5.22. The zero-order valence-electron chi connectivity index (χ0n) is 9.58. The third-order valence-electron chi connectivity index (χ3n) is 2.97. The molecule has 0 N–H and O–H groups in total. The lowest BCUT2D eigenvalue weighted by molar-refractivity contribution is 0.147. The van der Waals surface area contributed by atoms with E-state index in [0.717, 1.165) is 13.1 Å². The van der Waals surface area contributed by atoms with E-state index in [1.54, 1.807) is 12.1 Å². The van der Waals surface area contributed by atoms with Gasteiger partial charge >= 0.3 is 0 Å². The van der Waals surface area contributed by atoms with Gasteiger partial charge in [0.15, 0.2) is 11.6 Å². The zero-order chi connectivity index (χ0) is 11.4. The Hall–Kier alpha value is -1.09. The fourth-order valence-electron chi connectivity index (χ4n) is 2.13. The van der Waals surface area contributed by atoms with Crippen molar-refractivity contribution in [1.29, 1.82) is 0 Å². The maximum atomic E-state index is 13.3. The Bertz CT molecular complexity index is 342. The molecular formula is C13H17FNO. The van der Waals surface area contributed by atoms with Crippen molar-refractivity contribution < 1.29 is 9.13 Å². The summed E-state index contributed by atoms with van der Waals surface area (Å²) in [7, 11) is 2.12. The van der Waals surface area contributed by atoms with Crippen LogP contribution in [-0.2, 0) is 0 Å². The molecule has 0 bridgehead atoms. The minimum atomic E-state index is -0.327. The topological polar surface area (TPSA) is 12.5 Å². The number of benzene rings is 1. The first-order valence-electron chi connectivity index (χ1n) is 5.72. The van der Waals surface area contributed by atoms with Gasteiger partial charge in [0, 0.05) is 12.5 Å². The molecule has 87 valence electrons. The van der Waals surface area contributed by atoms with Crippen LogP contribution in [0.25, 0.3) is 0 Å². The minimum absolute atomic E-state index is 0.327. The molecule has 1 aromatic carbocycles. The molecule has 0 aromatic heterocycles. The van der Waals surface area contributed by atoms with Crippen molar-refractivity contribution >= 4 is 0 Å². The molecule has 1 fully saturated rings. The van der Waals surface area contributed by atoms with E-state index in [0.29, 0.717) is 18.3 Å². The van der Waals surface area contributed by atoms with Crippen molar-refractivity contribution in [3.8, 4) is 5.75 Å². The first kappa shape index (κ1) is 11.4. The standard InChI is InChI=1S/C13H17FNO/c1-15-8-4-5-11(9-15)10-16-13-7-3-2-6-12(13)14/h3,6-7,11H,4-5,8-10H2,1H3. The maximum Gasteiger partial charge on any atom is 0.165 e. The van der Waals surface area contributed by atoms with Gasteiger partial charge in [-0.3, -0.25) is 0 Å². The van der Waals surface area contributed by atoms with Crippen molar-refractivity contribution in [2.24, 2.45) is 5.92 Å². The molecule has 2 nitrogen and oxygen atoms in total. The van der Waals surface area contributed by atoms with Crippen molar-refractivity contribution in [3.05, 3.63) is 30.1 Å². The van der Waals surface area contributed by atoms with Crippen LogP contribution in [0.15, 0.2) is 18.2 Å². The molecule has 16 heavy (non-hydrogen) atoms. The highest BCUT2D eigenvalue weighted by Gasteiger charge is 2.18. The number of rotatable bonds is 3. The molecular weight excluding hydrogens is 205 g/mol. The summed E-state index contributed by atoms with van der Waals surface area (Å²) < 4.78 is 18.8. The van der Waals surface area contributed by atoms with E-state index in [-0.39, 0.29) is 5.82 Å². The van der Waals surface area contributed by atoms with Gasteiger partial charge in [0.25, 0.3) is 0 Å². The molecule has 1 saturated heterocycles. The third-order valence-corrected chi connectivity index (χ3v) is 2.97. The van der Waals surface area contributed by atoms with E-state index in [1.807, 2.05) is 0 Å². The Labute approximate surface area is 96.0 Å². The van der Waals surface area contributed by atoms with Gasteiger partial charge in [-0.15, -0.1) is 0 Å². The van der Waals surface area contributed by atoms with Crippen LogP contribution < -0.4 is 4.74 Å². The van der Waals surface area contributed by atoms with Crippen LogP contribution in [0.2, 0.25) is 0 Å². The van der Waals surface area contributed by atoms with Crippen LogP contribution in [0.3, 0.4) is 0 Å². The third kappa shape index (κ3) is 2.95. The average Bonchev–Trinajstić information content (AvgIpc) is 2.28. The second kappa shape index (κ2) is 5.30. The summed E-state index contributed by atoms with van der Waals surface area (Å²) in [5.74, 6) is 0.529. The number of piperidine rings is 1. The van der Waals surface area contributed by atoms with Gasteiger partial charge in [-0.25, -0.2) is 4.39 Å². The molecule has 1 heterocycles. The van der Waals surface area contributed by atoms with E-state index < -0.39 is 0 Å². The van der Waals surface area contributed by atoms with Crippen LogP contribution in [0.1, 0.15) is 12.8 Å². The number of hydrogen-bond donors (Lipinski definition) is 0. The maximum absolute atomic E-state index is 13.3. The van der Waals surface area contributed by atoms with Gasteiger partial charge in [0.1, 0.15) is 0 Å². The fourth-order valence-corrected chi connectivity index (χ4v) is 2.13. The number of likely N-dealkylation sites (tertiary alicyclic amines) is 1. The van der Waals surface area contributed by atoms with Crippen molar-refractivity contribution in [2.45, 2.75) is 12.8 Å². The molecule has 1 unspecified atom stereocenters. The number of ether oxygens (including phenoxy) is 1. The highest BCUT2D eigenvalue weighted by atomic mass is 19.1. The van der Waals surface area contributed by atoms with Crippen LogP contribution in [-0.4, -0.2) is 31.6 Å². The number of hydrogen-bond acceptors (Lipinski definition) is 2.